The number of nitrogens with one attached hydrogen (secondary N) is 3. The predicted octanol–water partition coefficient (Wildman–Crippen LogP) is 2.20. The van der Waals surface area contributed by atoms with Gasteiger partial charge in [0.05, 0.1) is 18.4 Å². The van der Waals surface area contributed by atoms with Gasteiger partial charge in [0.25, 0.3) is 0 Å². The Bertz CT molecular complexity index is 599. The van der Waals surface area contributed by atoms with Crippen LogP contribution in [0.2, 0.25) is 0 Å². The summed E-state index contributed by atoms with van der Waals surface area (Å²) in [4.78, 5) is 4.56. The van der Waals surface area contributed by atoms with Crippen LogP contribution < -0.4 is 10.6 Å². The molecule has 0 bridgehead atoms. The van der Waals surface area contributed by atoms with E-state index in [0.29, 0.717) is 13.1 Å². The van der Waals surface area contributed by atoms with E-state index in [0.717, 1.165) is 40.8 Å². The van der Waals surface area contributed by atoms with Gasteiger partial charge in [-0.1, -0.05) is 5.16 Å². The van der Waals surface area contributed by atoms with Gasteiger partial charge in [-0.3, -0.25) is 5.10 Å². The zero-order chi connectivity index (χ0) is 15.2. The van der Waals surface area contributed by atoms with Gasteiger partial charge in [0.15, 0.2) is 5.96 Å². The minimum Gasteiger partial charge on any atom is -0.361 e. The number of H-pyrrole nitrogens is 1. The molecule has 0 radical (unpaired) electrons. The smallest absolute Gasteiger partial charge is 0.191 e. The third-order valence-corrected chi connectivity index (χ3v) is 3.30. The van der Waals surface area contributed by atoms with Crippen LogP contribution >= 0.6 is 24.0 Å². The molecule has 8 heteroatoms. The van der Waals surface area contributed by atoms with Gasteiger partial charge >= 0.3 is 0 Å². The Morgan fingerprint density at radius 2 is 2.09 bits per heavy atom. The highest BCUT2D eigenvalue weighted by molar-refractivity contribution is 14.0. The van der Waals surface area contributed by atoms with E-state index in [-0.39, 0.29) is 24.0 Å². The Hall–Kier alpha value is -1.58. The maximum absolute atomic E-state index is 5.16. The summed E-state index contributed by atoms with van der Waals surface area (Å²) in [6.07, 6.45) is 1.80. The standard InChI is InChI=1S/C14H22N6O.HI/c1-5-15-14(16-6-12-7-18-19-9(12)2)17-8-13-10(3)20-21-11(13)4;/h7H,5-6,8H2,1-4H3,(H,18,19)(H2,15,16,17);1H. The quantitative estimate of drug-likeness (QED) is 0.394. The van der Waals surface area contributed by atoms with Crippen LogP contribution in [0.3, 0.4) is 0 Å². The minimum atomic E-state index is 0. The number of aliphatic imine (C=N–C) groups is 1. The normalized spacial score (nSPS) is 11.2. The van der Waals surface area contributed by atoms with E-state index < -0.39 is 0 Å². The lowest BCUT2D eigenvalue weighted by atomic mass is 10.2. The van der Waals surface area contributed by atoms with Gasteiger partial charge in [-0.15, -0.1) is 24.0 Å². The average Bonchev–Trinajstić information content (AvgIpc) is 3.00. The second-order valence-electron chi connectivity index (χ2n) is 4.87. The van der Waals surface area contributed by atoms with Crippen molar-refractivity contribution < 1.29 is 4.52 Å². The third-order valence-electron chi connectivity index (χ3n) is 3.30. The van der Waals surface area contributed by atoms with Crippen LogP contribution in [0.5, 0.6) is 0 Å². The molecule has 0 amide bonds. The van der Waals surface area contributed by atoms with Crippen LogP contribution in [0.4, 0.5) is 0 Å². The molecule has 2 heterocycles. The molecular formula is C14H23IN6O. The highest BCUT2D eigenvalue weighted by Crippen LogP contribution is 2.11. The zero-order valence-corrected chi connectivity index (χ0v) is 15.7. The fourth-order valence-corrected chi connectivity index (χ4v) is 1.97. The second-order valence-corrected chi connectivity index (χ2v) is 4.87. The molecule has 7 nitrogen and oxygen atoms in total. The predicted molar refractivity (Wildman–Crippen MR) is 96.4 cm³/mol. The number of aryl methyl sites for hydroxylation is 3. The Morgan fingerprint density at radius 3 is 2.64 bits per heavy atom. The van der Waals surface area contributed by atoms with Gasteiger partial charge < -0.3 is 15.2 Å². The van der Waals surface area contributed by atoms with Crippen LogP contribution in [0.15, 0.2) is 15.7 Å². The van der Waals surface area contributed by atoms with Crippen LogP contribution in [0, 0.1) is 20.8 Å². The first-order chi connectivity index (χ1) is 10.1. The summed E-state index contributed by atoms with van der Waals surface area (Å²) in [5.41, 5.74) is 4.10. The molecule has 0 saturated carbocycles. The molecule has 2 rings (SSSR count). The highest BCUT2D eigenvalue weighted by Gasteiger charge is 2.09. The summed E-state index contributed by atoms with van der Waals surface area (Å²) < 4.78 is 5.16. The molecule has 0 spiro atoms. The number of hydrogen-bond acceptors (Lipinski definition) is 4. The maximum Gasteiger partial charge on any atom is 0.191 e. The minimum absolute atomic E-state index is 0. The maximum atomic E-state index is 5.16. The first-order valence-corrected chi connectivity index (χ1v) is 7.04. The monoisotopic (exact) mass is 418 g/mol. The van der Waals surface area contributed by atoms with Crippen LogP contribution in [0.25, 0.3) is 0 Å². The summed E-state index contributed by atoms with van der Waals surface area (Å²) in [7, 11) is 0. The first kappa shape index (κ1) is 18.5. The molecule has 0 saturated heterocycles. The Morgan fingerprint density at radius 1 is 1.32 bits per heavy atom. The van der Waals surface area contributed by atoms with Crippen molar-refractivity contribution in [2.24, 2.45) is 4.99 Å². The lowest BCUT2D eigenvalue weighted by Crippen LogP contribution is -2.37. The largest absolute Gasteiger partial charge is 0.361 e. The number of aromatic amines is 1. The Labute approximate surface area is 147 Å². The SMILES string of the molecule is CCNC(=NCc1cn[nH]c1C)NCc1c(C)noc1C.I. The number of guanidine groups is 1. The molecule has 0 aliphatic carbocycles. The number of rotatable bonds is 5. The van der Waals surface area contributed by atoms with Crippen LogP contribution in [-0.2, 0) is 13.1 Å². The molecule has 22 heavy (non-hydrogen) atoms. The fraction of sp³-hybridized carbons (Fsp3) is 0.500. The van der Waals surface area contributed by atoms with Crippen molar-refractivity contribution in [3.05, 3.63) is 34.5 Å². The molecular weight excluding hydrogens is 395 g/mol. The zero-order valence-electron chi connectivity index (χ0n) is 13.4. The summed E-state index contributed by atoms with van der Waals surface area (Å²) in [5.74, 6) is 1.60. The van der Waals surface area contributed by atoms with Crippen LogP contribution in [0.1, 0.15) is 35.2 Å². The van der Waals surface area contributed by atoms with Crippen molar-refractivity contribution in [1.29, 1.82) is 0 Å². The fourth-order valence-electron chi connectivity index (χ4n) is 1.97. The van der Waals surface area contributed by atoms with E-state index in [1.807, 2.05) is 27.7 Å². The Balaban J connectivity index is 0.00000242. The molecule has 122 valence electrons. The number of nitrogens with zero attached hydrogens (tertiary/aromatic N) is 3. The summed E-state index contributed by atoms with van der Waals surface area (Å²) >= 11 is 0. The van der Waals surface area contributed by atoms with Crippen molar-refractivity contribution >= 4 is 29.9 Å². The number of hydrogen-bond donors (Lipinski definition) is 3. The van der Waals surface area contributed by atoms with Crippen molar-refractivity contribution in [3.8, 4) is 0 Å². The van der Waals surface area contributed by atoms with Gasteiger partial charge in [0, 0.05) is 29.9 Å². The van der Waals surface area contributed by atoms with Gasteiger partial charge in [0.2, 0.25) is 0 Å². The molecule has 3 N–H and O–H groups in total. The molecule has 2 aromatic rings. The molecule has 0 aliphatic heterocycles. The summed E-state index contributed by atoms with van der Waals surface area (Å²) in [6.45, 7) is 9.90. The first-order valence-electron chi connectivity index (χ1n) is 7.04. The molecule has 2 aromatic heterocycles. The highest BCUT2D eigenvalue weighted by atomic mass is 127. The van der Waals surface area contributed by atoms with Crippen molar-refractivity contribution in [3.63, 3.8) is 0 Å². The molecule has 0 aromatic carbocycles. The number of aromatic nitrogens is 3. The topological polar surface area (TPSA) is 91.1 Å². The summed E-state index contributed by atoms with van der Waals surface area (Å²) in [6, 6.07) is 0. The van der Waals surface area contributed by atoms with Crippen LogP contribution in [-0.4, -0.2) is 27.9 Å². The van der Waals surface area contributed by atoms with Gasteiger partial charge in [-0.25, -0.2) is 4.99 Å². The van der Waals surface area contributed by atoms with Crippen molar-refractivity contribution in [2.45, 2.75) is 40.8 Å². The van der Waals surface area contributed by atoms with E-state index in [4.69, 9.17) is 4.52 Å². The van der Waals surface area contributed by atoms with Gasteiger partial charge in [-0.05, 0) is 27.7 Å². The lowest BCUT2D eigenvalue weighted by Gasteiger charge is -2.11. The Kier molecular flexibility index (Phi) is 7.36. The molecule has 0 atom stereocenters. The van der Waals surface area contributed by atoms with E-state index in [9.17, 15) is 0 Å². The van der Waals surface area contributed by atoms with Crippen molar-refractivity contribution in [2.75, 3.05) is 6.54 Å². The second kappa shape index (κ2) is 8.76. The van der Waals surface area contributed by atoms with Gasteiger partial charge in [-0.2, -0.15) is 5.10 Å². The molecule has 0 aliphatic rings. The molecule has 0 unspecified atom stereocenters. The third kappa shape index (κ3) is 4.72. The summed E-state index contributed by atoms with van der Waals surface area (Å²) in [5, 5.41) is 17.4. The van der Waals surface area contributed by atoms with E-state index in [1.165, 1.54) is 0 Å². The number of halogens is 1. The average molecular weight is 418 g/mol. The van der Waals surface area contributed by atoms with Crippen molar-refractivity contribution in [1.82, 2.24) is 26.0 Å². The molecule has 0 fully saturated rings. The van der Waals surface area contributed by atoms with Gasteiger partial charge in [0.1, 0.15) is 5.76 Å². The van der Waals surface area contributed by atoms with E-state index >= 15 is 0 Å². The van der Waals surface area contributed by atoms with E-state index in [1.54, 1.807) is 6.20 Å². The van der Waals surface area contributed by atoms with E-state index in [2.05, 4.69) is 31.0 Å². The lowest BCUT2D eigenvalue weighted by molar-refractivity contribution is 0.392.